The van der Waals surface area contributed by atoms with Gasteiger partial charge in [-0.2, -0.15) is 0 Å². The number of carbonyl (C=O) groups is 1. The molecule has 2 aromatic carbocycles. The van der Waals surface area contributed by atoms with E-state index in [1.54, 1.807) is 32.2 Å². The van der Waals surface area contributed by atoms with Crippen LogP contribution in [0.2, 0.25) is 5.02 Å². The van der Waals surface area contributed by atoms with Crippen LogP contribution in [0, 0.1) is 5.41 Å². The van der Waals surface area contributed by atoms with Crippen molar-refractivity contribution < 1.29 is 22.7 Å². The van der Waals surface area contributed by atoms with Gasteiger partial charge in [-0.1, -0.05) is 24.6 Å². The Balaban J connectivity index is 0.00000274. The summed E-state index contributed by atoms with van der Waals surface area (Å²) in [5.41, 5.74) is 0.551. The number of hydrogen-bond donors (Lipinski definition) is 3. The van der Waals surface area contributed by atoms with Crippen LogP contribution in [0.3, 0.4) is 0 Å². The van der Waals surface area contributed by atoms with Crippen molar-refractivity contribution in [2.24, 2.45) is 4.99 Å². The minimum Gasteiger partial charge on any atom is -0.499 e. The molecule has 214 valence electrons. The lowest BCUT2D eigenvalue weighted by atomic mass is 10.1. The van der Waals surface area contributed by atoms with Gasteiger partial charge >= 0.3 is 0 Å². The van der Waals surface area contributed by atoms with Crippen LogP contribution in [0.5, 0.6) is 0 Å². The first-order chi connectivity index (χ1) is 19.2. The summed E-state index contributed by atoms with van der Waals surface area (Å²) in [5, 5.41) is 14.9. The van der Waals surface area contributed by atoms with Crippen molar-refractivity contribution in [3.05, 3.63) is 75.6 Å². The number of carbonyl (C=O) groups excluding carboxylic acids is 1. The zero-order valence-corrected chi connectivity index (χ0v) is 23.6. The number of benzene rings is 2. The minimum absolute atomic E-state index is 0.0678. The molecule has 0 radical (unpaired) electrons. The van der Waals surface area contributed by atoms with E-state index >= 15 is 0 Å². The molecule has 0 fully saturated rings. The predicted molar refractivity (Wildman–Crippen MR) is 154 cm³/mol. The molecule has 0 bridgehead atoms. The van der Waals surface area contributed by atoms with Gasteiger partial charge in [0.2, 0.25) is 0 Å². The molecule has 0 aliphatic heterocycles. The van der Waals surface area contributed by atoms with E-state index < -0.39 is 18.4 Å². The largest absolute Gasteiger partial charge is 0.499 e. The van der Waals surface area contributed by atoms with Gasteiger partial charge < -0.3 is 20.8 Å². The molecule has 1 amide bonds. The van der Waals surface area contributed by atoms with Crippen molar-refractivity contribution in [3.63, 3.8) is 0 Å². The molecule has 3 rings (SSSR count). The van der Waals surface area contributed by atoms with Crippen LogP contribution in [0.4, 0.5) is 18.9 Å². The van der Waals surface area contributed by atoms with E-state index in [-0.39, 0.29) is 16.8 Å². The van der Waals surface area contributed by atoms with Gasteiger partial charge in [-0.15, -0.1) is 0 Å². The molecule has 8 nitrogen and oxygen atoms in total. The molecule has 0 aliphatic carbocycles. The molecule has 0 saturated heterocycles. The maximum atomic E-state index is 14.2. The number of anilines is 1. The molecule has 3 N–H and O–H groups in total. The van der Waals surface area contributed by atoms with Gasteiger partial charge in [0.1, 0.15) is 23.3 Å². The number of alkyl halides is 3. The zero-order chi connectivity index (χ0) is 29.8. The van der Waals surface area contributed by atoms with Gasteiger partial charge in [0.05, 0.1) is 31.4 Å². The Morgan fingerprint density at radius 2 is 1.98 bits per heavy atom. The summed E-state index contributed by atoms with van der Waals surface area (Å²) < 4.78 is 44.6. The number of amidine groups is 1. The molecule has 3 aromatic rings. The highest BCUT2D eigenvalue weighted by Gasteiger charge is 2.22. The van der Waals surface area contributed by atoms with Crippen molar-refractivity contribution in [3.8, 4) is 5.69 Å². The molecule has 0 aliphatic rings. The number of nitrogens with zero attached hydrogens (tertiary/aromatic N) is 3. The maximum absolute atomic E-state index is 14.2. The highest BCUT2D eigenvalue weighted by Crippen LogP contribution is 2.26. The third kappa shape index (κ3) is 7.72. The molecular weight excluding hydrogens is 545 g/mol. The summed E-state index contributed by atoms with van der Waals surface area (Å²) in [6, 6.07) is 10.6. The van der Waals surface area contributed by atoms with Gasteiger partial charge in [0, 0.05) is 35.1 Å². The average Bonchev–Trinajstić information content (AvgIpc) is 3.38. The Bertz CT molecular complexity index is 1470. The van der Waals surface area contributed by atoms with Crippen LogP contribution < -0.4 is 21.3 Å². The zero-order valence-electron chi connectivity index (χ0n) is 22.8. The van der Waals surface area contributed by atoms with Gasteiger partial charge in [-0.05, 0) is 55.8 Å². The van der Waals surface area contributed by atoms with Crippen LogP contribution in [0.15, 0.2) is 53.8 Å². The molecule has 12 heteroatoms. The standard InChI is InChI=1S/C27H29ClF2N6O2.CH3F/c1-5-21(26(32-3)34-19-8-6-7-18(28)14-19)35-27(37)17-9-10-22(20(13-17)25(29)30)36-15-33-24(16(2)38-4)23(36)11-12-31;1-2/h6-15,21,25,31H,5H2,1-4H3,(H,32,34)(H,35,37);1H3/b23-11+,24-16-,31-12?;/t21-;/m0./s1. The predicted octanol–water partition coefficient (Wildman–Crippen LogP) is 4.90. The van der Waals surface area contributed by atoms with Crippen molar-refractivity contribution in [2.75, 3.05) is 26.7 Å². The quantitative estimate of drug-likeness (QED) is 0.249. The lowest BCUT2D eigenvalue weighted by Gasteiger charge is -2.21. The summed E-state index contributed by atoms with van der Waals surface area (Å²) >= 11 is 6.06. The number of amides is 1. The van der Waals surface area contributed by atoms with Crippen LogP contribution in [-0.2, 0) is 4.74 Å². The Kier molecular flexibility index (Phi) is 12.4. The first kappa shape index (κ1) is 32.1. The second-order valence-electron chi connectivity index (χ2n) is 8.19. The summed E-state index contributed by atoms with van der Waals surface area (Å²) in [7, 11) is 3.57. The monoisotopic (exact) mass is 576 g/mol. The SMILES string of the molecule is CC[C@H](NC(=O)c1ccc(-n2cnc(=C(/C)OC)/c2=C\C=N)c(C(F)F)c1)C(=NC)Nc1cccc(Cl)c1.CF. The first-order valence-electron chi connectivity index (χ1n) is 12.1. The molecule has 40 heavy (non-hydrogen) atoms. The fourth-order valence-electron chi connectivity index (χ4n) is 3.86. The number of nitrogens with one attached hydrogen (secondary N) is 3. The fourth-order valence-corrected chi connectivity index (χ4v) is 4.05. The molecule has 1 aromatic heterocycles. The van der Waals surface area contributed by atoms with E-state index in [4.69, 9.17) is 21.7 Å². The number of halogens is 4. The number of aliphatic imine (C=N–C) groups is 1. The molecular formula is C28H32ClF3N6O2. The van der Waals surface area contributed by atoms with E-state index in [9.17, 15) is 18.0 Å². The van der Waals surface area contributed by atoms with E-state index in [2.05, 4.69) is 20.6 Å². The number of aromatic nitrogens is 2. The summed E-state index contributed by atoms with van der Waals surface area (Å²) in [5.74, 6) is 0.439. The molecule has 1 atom stereocenters. The van der Waals surface area contributed by atoms with E-state index in [0.717, 1.165) is 12.3 Å². The molecule has 0 unspecified atom stereocenters. The normalized spacial score (nSPS) is 13.2. The second kappa shape index (κ2) is 15.5. The summed E-state index contributed by atoms with van der Waals surface area (Å²) in [4.78, 5) is 21.7. The minimum atomic E-state index is -2.87. The van der Waals surface area contributed by atoms with Crippen molar-refractivity contribution >= 4 is 47.1 Å². The molecule has 0 saturated carbocycles. The Morgan fingerprint density at radius 1 is 1.25 bits per heavy atom. The fraction of sp³-hybridized carbons (Fsp3) is 0.286. The summed E-state index contributed by atoms with van der Waals surface area (Å²) in [6.07, 6.45) is 1.49. The number of ether oxygens (including phenoxy) is 1. The third-order valence-electron chi connectivity index (χ3n) is 5.85. The van der Waals surface area contributed by atoms with Gasteiger partial charge in [-0.3, -0.25) is 18.7 Å². The first-order valence-corrected chi connectivity index (χ1v) is 12.5. The lowest BCUT2D eigenvalue weighted by Crippen LogP contribution is -2.43. The summed E-state index contributed by atoms with van der Waals surface area (Å²) in [6.45, 7) is 3.56. The number of methoxy groups -OCH3 is 1. The van der Waals surface area contributed by atoms with Crippen molar-refractivity contribution in [2.45, 2.75) is 32.7 Å². The molecule has 1 heterocycles. The van der Waals surface area contributed by atoms with Gasteiger partial charge in [0.25, 0.3) is 12.3 Å². The van der Waals surface area contributed by atoms with Crippen molar-refractivity contribution in [1.82, 2.24) is 14.9 Å². The van der Waals surface area contributed by atoms with Crippen molar-refractivity contribution in [1.29, 1.82) is 5.41 Å². The number of rotatable bonds is 9. The Morgan fingerprint density at radius 3 is 2.55 bits per heavy atom. The van der Waals surface area contributed by atoms with Crippen LogP contribution in [0.1, 0.15) is 42.6 Å². The third-order valence-corrected chi connectivity index (χ3v) is 6.09. The van der Waals surface area contributed by atoms with E-state index in [1.165, 1.54) is 36.2 Å². The second-order valence-corrected chi connectivity index (χ2v) is 8.63. The van der Waals surface area contributed by atoms with Crippen LogP contribution in [0.25, 0.3) is 17.5 Å². The molecule has 0 spiro atoms. The van der Waals surface area contributed by atoms with E-state index in [1.807, 2.05) is 13.0 Å². The van der Waals surface area contributed by atoms with E-state index in [0.29, 0.717) is 46.6 Å². The average molecular weight is 577 g/mol. The van der Waals surface area contributed by atoms with Crippen LogP contribution >= 0.6 is 11.6 Å². The maximum Gasteiger partial charge on any atom is 0.265 e. The highest BCUT2D eigenvalue weighted by atomic mass is 35.5. The Labute approximate surface area is 235 Å². The number of hydrogen-bond acceptors (Lipinski definition) is 5. The van der Waals surface area contributed by atoms with Gasteiger partial charge in [0.15, 0.2) is 0 Å². The smallest absolute Gasteiger partial charge is 0.265 e. The van der Waals surface area contributed by atoms with Gasteiger partial charge in [-0.25, -0.2) is 13.8 Å². The van der Waals surface area contributed by atoms with Crippen LogP contribution in [-0.4, -0.2) is 54.9 Å². The lowest BCUT2D eigenvalue weighted by molar-refractivity contribution is 0.0945. The topological polar surface area (TPSA) is 104 Å². The highest BCUT2D eigenvalue weighted by molar-refractivity contribution is 6.30. The Hall–Kier alpha value is -4.12. The number of imidazole rings is 1.